The molecule has 1 N–H and O–H groups in total. The van der Waals surface area contributed by atoms with Crippen LogP contribution in [-0.2, 0) is 0 Å². The molecule has 1 amide bonds. The summed E-state index contributed by atoms with van der Waals surface area (Å²) in [6.45, 7) is 5.11. The van der Waals surface area contributed by atoms with E-state index in [0.29, 0.717) is 18.1 Å². The number of benzene rings is 1. The lowest BCUT2D eigenvalue weighted by molar-refractivity contribution is 0.0515. The number of carbonyl (C=O) groups excluding carboxylic acids is 1. The standard InChI is InChI=1S/C19H21N5O2/c1-12-8-13(2)23-19(22-12)26-15-4-3-7-24(10-15)18(25)14-5-6-16-17(9-14)21-11-20-16/h5-6,8-9,11,15H,3-4,7,10H2,1-2H3,(H,20,21). The van der Waals surface area contributed by atoms with E-state index in [1.54, 1.807) is 6.33 Å². The molecule has 0 spiro atoms. The Morgan fingerprint density at radius 2 is 2.04 bits per heavy atom. The molecule has 0 bridgehead atoms. The van der Waals surface area contributed by atoms with Crippen LogP contribution in [-0.4, -0.2) is 49.9 Å². The SMILES string of the molecule is Cc1cc(C)nc(OC2CCCN(C(=O)c3ccc4nc[nH]c4c3)C2)n1. The summed E-state index contributed by atoms with van der Waals surface area (Å²) >= 11 is 0. The average molecular weight is 351 g/mol. The number of ether oxygens (including phenoxy) is 1. The number of nitrogens with one attached hydrogen (secondary N) is 1. The molecular formula is C19H21N5O2. The van der Waals surface area contributed by atoms with Crippen LogP contribution >= 0.6 is 0 Å². The number of carbonyl (C=O) groups is 1. The number of aryl methyl sites for hydroxylation is 2. The van der Waals surface area contributed by atoms with Gasteiger partial charge >= 0.3 is 6.01 Å². The van der Waals surface area contributed by atoms with Gasteiger partial charge in [-0.1, -0.05) is 0 Å². The molecule has 1 unspecified atom stereocenters. The van der Waals surface area contributed by atoms with E-state index in [1.165, 1.54) is 0 Å². The van der Waals surface area contributed by atoms with Crippen LogP contribution in [0.3, 0.4) is 0 Å². The second-order valence-electron chi connectivity index (χ2n) is 6.70. The van der Waals surface area contributed by atoms with Gasteiger partial charge in [-0.25, -0.2) is 15.0 Å². The maximum Gasteiger partial charge on any atom is 0.317 e. The van der Waals surface area contributed by atoms with Crippen molar-refractivity contribution in [1.82, 2.24) is 24.8 Å². The Morgan fingerprint density at radius 1 is 1.23 bits per heavy atom. The molecule has 1 atom stereocenters. The minimum atomic E-state index is -0.0928. The summed E-state index contributed by atoms with van der Waals surface area (Å²) in [6.07, 6.45) is 3.32. The fraction of sp³-hybridized carbons (Fsp3) is 0.368. The lowest BCUT2D eigenvalue weighted by Gasteiger charge is -2.32. The maximum atomic E-state index is 12.9. The van der Waals surface area contributed by atoms with Gasteiger partial charge in [-0.15, -0.1) is 0 Å². The highest BCUT2D eigenvalue weighted by molar-refractivity contribution is 5.97. The Balaban J connectivity index is 1.47. The molecule has 0 radical (unpaired) electrons. The van der Waals surface area contributed by atoms with Crippen LogP contribution in [0.25, 0.3) is 11.0 Å². The highest BCUT2D eigenvalue weighted by Gasteiger charge is 2.26. The van der Waals surface area contributed by atoms with E-state index in [1.807, 2.05) is 43.0 Å². The van der Waals surface area contributed by atoms with Crippen molar-refractivity contribution < 1.29 is 9.53 Å². The molecule has 1 fully saturated rings. The lowest BCUT2D eigenvalue weighted by Crippen LogP contribution is -2.44. The number of amides is 1. The zero-order valence-electron chi connectivity index (χ0n) is 14.9. The molecule has 1 aromatic carbocycles. The molecule has 3 aromatic rings. The van der Waals surface area contributed by atoms with Gasteiger partial charge in [-0.05, 0) is 51.0 Å². The van der Waals surface area contributed by atoms with Gasteiger partial charge in [0.25, 0.3) is 5.91 Å². The Hall–Kier alpha value is -2.96. The highest BCUT2D eigenvalue weighted by Crippen LogP contribution is 2.19. The fourth-order valence-electron chi connectivity index (χ4n) is 3.37. The molecule has 134 valence electrons. The van der Waals surface area contributed by atoms with Crippen molar-refractivity contribution in [1.29, 1.82) is 0 Å². The fourth-order valence-corrected chi connectivity index (χ4v) is 3.37. The van der Waals surface area contributed by atoms with Crippen molar-refractivity contribution in [3.63, 3.8) is 0 Å². The summed E-state index contributed by atoms with van der Waals surface area (Å²) in [7, 11) is 0. The van der Waals surface area contributed by atoms with E-state index in [4.69, 9.17) is 4.74 Å². The van der Waals surface area contributed by atoms with E-state index in [9.17, 15) is 4.79 Å². The third-order valence-corrected chi connectivity index (χ3v) is 4.57. The number of imidazole rings is 1. The number of rotatable bonds is 3. The van der Waals surface area contributed by atoms with E-state index < -0.39 is 0 Å². The van der Waals surface area contributed by atoms with Crippen molar-refractivity contribution in [2.75, 3.05) is 13.1 Å². The van der Waals surface area contributed by atoms with Gasteiger partial charge in [-0.2, -0.15) is 0 Å². The molecule has 1 aliphatic rings. The predicted molar refractivity (Wildman–Crippen MR) is 97.2 cm³/mol. The molecule has 0 saturated carbocycles. The third kappa shape index (κ3) is 3.37. The van der Waals surface area contributed by atoms with Gasteiger partial charge < -0.3 is 14.6 Å². The van der Waals surface area contributed by atoms with Crippen LogP contribution in [0.15, 0.2) is 30.6 Å². The first-order valence-corrected chi connectivity index (χ1v) is 8.80. The Labute approximate surface area is 151 Å². The van der Waals surface area contributed by atoms with Gasteiger partial charge in [0.1, 0.15) is 6.10 Å². The number of hydrogen-bond donors (Lipinski definition) is 1. The van der Waals surface area contributed by atoms with Crippen molar-refractivity contribution in [2.24, 2.45) is 0 Å². The number of piperidine rings is 1. The molecule has 7 heteroatoms. The van der Waals surface area contributed by atoms with E-state index >= 15 is 0 Å². The Morgan fingerprint density at radius 3 is 2.85 bits per heavy atom. The molecule has 1 aliphatic heterocycles. The highest BCUT2D eigenvalue weighted by atomic mass is 16.5. The Bertz CT molecular complexity index is 932. The zero-order valence-corrected chi connectivity index (χ0v) is 14.9. The van der Waals surface area contributed by atoms with Crippen LogP contribution in [0.4, 0.5) is 0 Å². The van der Waals surface area contributed by atoms with Gasteiger partial charge in [0, 0.05) is 23.5 Å². The zero-order chi connectivity index (χ0) is 18.1. The number of likely N-dealkylation sites (tertiary alicyclic amines) is 1. The van der Waals surface area contributed by atoms with Gasteiger partial charge in [-0.3, -0.25) is 4.79 Å². The molecule has 4 rings (SSSR count). The number of hydrogen-bond acceptors (Lipinski definition) is 5. The number of H-pyrrole nitrogens is 1. The van der Waals surface area contributed by atoms with E-state index in [-0.39, 0.29) is 12.0 Å². The van der Waals surface area contributed by atoms with Gasteiger partial charge in [0.05, 0.1) is 23.9 Å². The van der Waals surface area contributed by atoms with Gasteiger partial charge in [0.15, 0.2) is 0 Å². The molecule has 3 heterocycles. The molecule has 1 saturated heterocycles. The summed E-state index contributed by atoms with van der Waals surface area (Å²) < 4.78 is 5.96. The minimum absolute atomic E-state index is 0.0103. The average Bonchev–Trinajstić information content (AvgIpc) is 3.08. The first kappa shape index (κ1) is 16.5. The largest absolute Gasteiger partial charge is 0.458 e. The second kappa shape index (κ2) is 6.74. The van der Waals surface area contributed by atoms with Crippen LogP contribution in [0.5, 0.6) is 6.01 Å². The number of nitrogens with zero attached hydrogens (tertiary/aromatic N) is 4. The minimum Gasteiger partial charge on any atom is -0.458 e. The third-order valence-electron chi connectivity index (χ3n) is 4.57. The topological polar surface area (TPSA) is 84.0 Å². The van der Waals surface area contributed by atoms with Crippen LogP contribution in [0, 0.1) is 13.8 Å². The van der Waals surface area contributed by atoms with Crippen LogP contribution < -0.4 is 4.74 Å². The van der Waals surface area contributed by atoms with Crippen molar-refractivity contribution >= 4 is 16.9 Å². The predicted octanol–water partition coefficient (Wildman–Crippen LogP) is 2.65. The monoisotopic (exact) mass is 351 g/mol. The maximum absolute atomic E-state index is 12.9. The molecule has 0 aliphatic carbocycles. The Kier molecular flexibility index (Phi) is 4.28. The number of fused-ring (bicyclic) bond motifs is 1. The van der Waals surface area contributed by atoms with Crippen molar-refractivity contribution in [2.45, 2.75) is 32.8 Å². The number of aromatic amines is 1. The van der Waals surface area contributed by atoms with Crippen molar-refractivity contribution in [3.05, 3.63) is 47.5 Å². The number of aromatic nitrogens is 4. The van der Waals surface area contributed by atoms with Crippen LogP contribution in [0.2, 0.25) is 0 Å². The molecule has 2 aromatic heterocycles. The summed E-state index contributed by atoms with van der Waals surface area (Å²) in [5.41, 5.74) is 4.14. The first-order valence-electron chi connectivity index (χ1n) is 8.80. The van der Waals surface area contributed by atoms with Crippen molar-refractivity contribution in [3.8, 4) is 6.01 Å². The second-order valence-corrected chi connectivity index (χ2v) is 6.70. The molecular weight excluding hydrogens is 330 g/mol. The van der Waals surface area contributed by atoms with E-state index in [2.05, 4.69) is 19.9 Å². The van der Waals surface area contributed by atoms with Gasteiger partial charge in [0.2, 0.25) is 0 Å². The quantitative estimate of drug-likeness (QED) is 0.784. The van der Waals surface area contributed by atoms with E-state index in [0.717, 1.165) is 41.8 Å². The molecule has 26 heavy (non-hydrogen) atoms. The normalized spacial score (nSPS) is 17.5. The molecule has 7 nitrogen and oxygen atoms in total. The summed E-state index contributed by atoms with van der Waals surface area (Å²) in [5.74, 6) is 0.0103. The first-order chi connectivity index (χ1) is 12.6. The summed E-state index contributed by atoms with van der Waals surface area (Å²) in [5, 5.41) is 0. The smallest absolute Gasteiger partial charge is 0.317 e. The summed E-state index contributed by atoms with van der Waals surface area (Å²) in [6, 6.07) is 7.83. The van der Waals surface area contributed by atoms with Crippen LogP contribution in [0.1, 0.15) is 34.6 Å². The summed E-state index contributed by atoms with van der Waals surface area (Å²) in [4.78, 5) is 30.6. The lowest BCUT2D eigenvalue weighted by atomic mass is 10.1.